The predicted octanol–water partition coefficient (Wildman–Crippen LogP) is 1.42. The molecule has 3 nitrogen and oxygen atoms in total. The molecule has 0 aromatic heterocycles. The van der Waals surface area contributed by atoms with E-state index in [0.29, 0.717) is 6.04 Å². The van der Waals surface area contributed by atoms with Crippen LogP contribution in [0, 0.1) is 6.92 Å². The molecular formula is C13H20N2O. The summed E-state index contributed by atoms with van der Waals surface area (Å²) in [6, 6.07) is 9.18. The monoisotopic (exact) mass is 220 g/mol. The van der Waals surface area contributed by atoms with Gasteiger partial charge in [0.15, 0.2) is 0 Å². The molecule has 0 amide bonds. The number of morpholine rings is 1. The summed E-state index contributed by atoms with van der Waals surface area (Å²) >= 11 is 0. The Labute approximate surface area is 97.4 Å². The Kier molecular flexibility index (Phi) is 3.80. The van der Waals surface area contributed by atoms with Gasteiger partial charge in [0, 0.05) is 18.8 Å². The summed E-state index contributed by atoms with van der Waals surface area (Å²) in [5.41, 5.74) is 2.61. The summed E-state index contributed by atoms with van der Waals surface area (Å²) in [6.45, 7) is 5.71. The molecule has 1 fully saturated rings. The van der Waals surface area contributed by atoms with Gasteiger partial charge in [-0.15, -0.1) is 0 Å². The lowest BCUT2D eigenvalue weighted by molar-refractivity contribution is 0.0943. The van der Waals surface area contributed by atoms with Crippen LogP contribution in [0.2, 0.25) is 0 Å². The highest BCUT2D eigenvalue weighted by Crippen LogP contribution is 2.19. The van der Waals surface area contributed by atoms with Crippen molar-refractivity contribution in [2.75, 3.05) is 38.3 Å². The number of anilines is 1. The second kappa shape index (κ2) is 5.32. The number of aryl methyl sites for hydroxylation is 1. The van der Waals surface area contributed by atoms with Crippen LogP contribution in [0.25, 0.3) is 0 Å². The molecule has 1 unspecified atom stereocenters. The van der Waals surface area contributed by atoms with Gasteiger partial charge in [-0.2, -0.15) is 0 Å². The van der Waals surface area contributed by atoms with Crippen LogP contribution in [0.15, 0.2) is 24.3 Å². The van der Waals surface area contributed by atoms with Gasteiger partial charge in [-0.05, 0) is 26.1 Å². The summed E-state index contributed by atoms with van der Waals surface area (Å²) in [5, 5.41) is 3.23. The van der Waals surface area contributed by atoms with Crippen molar-refractivity contribution in [2.45, 2.75) is 13.0 Å². The third kappa shape index (κ3) is 2.54. The molecule has 1 aromatic carbocycles. The first-order valence-corrected chi connectivity index (χ1v) is 5.87. The molecule has 88 valence electrons. The lowest BCUT2D eigenvalue weighted by Crippen LogP contribution is -2.50. The quantitative estimate of drug-likeness (QED) is 0.834. The second-order valence-electron chi connectivity index (χ2n) is 4.32. The molecule has 0 spiro atoms. The third-order valence-electron chi connectivity index (χ3n) is 3.03. The summed E-state index contributed by atoms with van der Waals surface area (Å²) in [4.78, 5) is 2.43. The number of hydrogen-bond acceptors (Lipinski definition) is 3. The van der Waals surface area contributed by atoms with Crippen LogP contribution in [0.1, 0.15) is 5.56 Å². The molecule has 1 atom stereocenters. The smallest absolute Gasteiger partial charge is 0.0683 e. The van der Waals surface area contributed by atoms with Crippen LogP contribution < -0.4 is 10.2 Å². The Bertz CT molecular complexity index is 321. The molecule has 1 aliphatic heterocycles. The van der Waals surface area contributed by atoms with Crippen molar-refractivity contribution in [3.63, 3.8) is 0 Å². The summed E-state index contributed by atoms with van der Waals surface area (Å²) in [6.07, 6.45) is 0. The predicted molar refractivity (Wildman–Crippen MR) is 67.1 cm³/mol. The van der Waals surface area contributed by atoms with Crippen molar-refractivity contribution in [2.24, 2.45) is 0 Å². The van der Waals surface area contributed by atoms with Crippen LogP contribution in [-0.2, 0) is 4.74 Å². The fourth-order valence-electron chi connectivity index (χ4n) is 2.14. The molecule has 1 saturated heterocycles. The highest BCUT2D eigenvalue weighted by atomic mass is 16.5. The van der Waals surface area contributed by atoms with Gasteiger partial charge < -0.3 is 15.0 Å². The number of rotatable bonds is 3. The van der Waals surface area contributed by atoms with Crippen molar-refractivity contribution >= 4 is 5.69 Å². The fourth-order valence-corrected chi connectivity index (χ4v) is 2.14. The zero-order chi connectivity index (χ0) is 11.4. The molecule has 1 aromatic rings. The molecule has 0 saturated carbocycles. The first kappa shape index (κ1) is 11.4. The number of nitrogens with zero attached hydrogens (tertiary/aromatic N) is 1. The van der Waals surface area contributed by atoms with Gasteiger partial charge in [-0.1, -0.05) is 17.7 Å². The normalized spacial score (nSPS) is 21.1. The molecule has 1 heterocycles. The minimum Gasteiger partial charge on any atom is -0.377 e. The molecule has 0 aliphatic carbocycles. The molecule has 1 aliphatic rings. The number of benzene rings is 1. The van der Waals surface area contributed by atoms with E-state index in [1.54, 1.807) is 0 Å². The molecule has 16 heavy (non-hydrogen) atoms. The van der Waals surface area contributed by atoms with Crippen LogP contribution in [0.4, 0.5) is 5.69 Å². The number of nitrogens with one attached hydrogen (secondary N) is 1. The maximum Gasteiger partial charge on any atom is 0.0683 e. The second-order valence-corrected chi connectivity index (χ2v) is 4.32. The van der Waals surface area contributed by atoms with Gasteiger partial charge in [0.2, 0.25) is 0 Å². The summed E-state index contributed by atoms with van der Waals surface area (Å²) in [5.74, 6) is 0. The first-order chi connectivity index (χ1) is 7.81. The Morgan fingerprint density at radius 2 is 2.12 bits per heavy atom. The van der Waals surface area contributed by atoms with E-state index >= 15 is 0 Å². The van der Waals surface area contributed by atoms with E-state index in [9.17, 15) is 0 Å². The topological polar surface area (TPSA) is 24.5 Å². The minimum atomic E-state index is 0.446. The minimum absolute atomic E-state index is 0.446. The largest absolute Gasteiger partial charge is 0.377 e. The zero-order valence-corrected chi connectivity index (χ0v) is 10.1. The van der Waals surface area contributed by atoms with Crippen LogP contribution in [-0.4, -0.2) is 39.4 Å². The van der Waals surface area contributed by atoms with Gasteiger partial charge in [0.05, 0.1) is 19.3 Å². The summed E-state index contributed by atoms with van der Waals surface area (Å²) < 4.78 is 5.53. The van der Waals surface area contributed by atoms with Crippen molar-refractivity contribution in [1.82, 2.24) is 5.32 Å². The lowest BCUT2D eigenvalue weighted by atomic mass is 10.1. The van der Waals surface area contributed by atoms with Gasteiger partial charge in [-0.25, -0.2) is 0 Å². The molecule has 3 heteroatoms. The highest BCUT2D eigenvalue weighted by molar-refractivity contribution is 5.49. The molecular weight excluding hydrogens is 200 g/mol. The Morgan fingerprint density at radius 1 is 1.38 bits per heavy atom. The number of likely N-dealkylation sites (N-methyl/N-ethyl adjacent to an activating group) is 1. The number of ether oxygens (including phenoxy) is 1. The van der Waals surface area contributed by atoms with E-state index in [1.165, 1.54) is 11.3 Å². The fraction of sp³-hybridized carbons (Fsp3) is 0.538. The van der Waals surface area contributed by atoms with E-state index < -0.39 is 0 Å². The average molecular weight is 220 g/mol. The van der Waals surface area contributed by atoms with Crippen molar-refractivity contribution < 1.29 is 4.74 Å². The maximum absolute atomic E-state index is 5.53. The van der Waals surface area contributed by atoms with Gasteiger partial charge in [0.1, 0.15) is 0 Å². The molecule has 1 N–H and O–H groups in total. The Balaban J connectivity index is 2.13. The zero-order valence-electron chi connectivity index (χ0n) is 10.1. The van der Waals surface area contributed by atoms with E-state index in [-0.39, 0.29) is 0 Å². The van der Waals surface area contributed by atoms with Crippen LogP contribution in [0.3, 0.4) is 0 Å². The third-order valence-corrected chi connectivity index (χ3v) is 3.03. The van der Waals surface area contributed by atoms with E-state index in [4.69, 9.17) is 4.74 Å². The van der Waals surface area contributed by atoms with E-state index in [1.807, 2.05) is 7.05 Å². The number of hydrogen-bond donors (Lipinski definition) is 1. The van der Waals surface area contributed by atoms with Gasteiger partial charge in [0.25, 0.3) is 0 Å². The van der Waals surface area contributed by atoms with Crippen molar-refractivity contribution in [3.8, 4) is 0 Å². The van der Waals surface area contributed by atoms with Crippen LogP contribution in [0.5, 0.6) is 0 Å². The average Bonchev–Trinajstić information content (AvgIpc) is 2.32. The van der Waals surface area contributed by atoms with Crippen LogP contribution >= 0.6 is 0 Å². The van der Waals surface area contributed by atoms with E-state index in [0.717, 1.165) is 26.3 Å². The lowest BCUT2D eigenvalue weighted by Gasteiger charge is -2.37. The molecule has 2 rings (SSSR count). The van der Waals surface area contributed by atoms with Crippen molar-refractivity contribution in [1.29, 1.82) is 0 Å². The van der Waals surface area contributed by atoms with Gasteiger partial charge >= 0.3 is 0 Å². The van der Waals surface area contributed by atoms with Crippen molar-refractivity contribution in [3.05, 3.63) is 29.8 Å². The Hall–Kier alpha value is -1.06. The van der Waals surface area contributed by atoms with E-state index in [2.05, 4.69) is 41.4 Å². The Morgan fingerprint density at radius 3 is 2.81 bits per heavy atom. The maximum atomic E-state index is 5.53. The molecule has 0 bridgehead atoms. The first-order valence-electron chi connectivity index (χ1n) is 5.87. The van der Waals surface area contributed by atoms with Gasteiger partial charge in [-0.3, -0.25) is 0 Å². The standard InChI is InChI=1S/C13H20N2O/c1-11-3-5-12(6-4-11)15-7-8-16-10-13(15)9-14-2/h3-6,13-14H,7-10H2,1-2H3. The summed E-state index contributed by atoms with van der Waals surface area (Å²) in [7, 11) is 1.99. The molecule has 0 radical (unpaired) electrons. The highest BCUT2D eigenvalue weighted by Gasteiger charge is 2.22. The SMILES string of the molecule is CNCC1COCCN1c1ccc(C)cc1.